The molecule has 0 atom stereocenters. The number of anilines is 2. The van der Waals surface area contributed by atoms with Crippen molar-refractivity contribution >= 4 is 40.7 Å². The number of benzene rings is 3. The van der Waals surface area contributed by atoms with E-state index in [-0.39, 0.29) is 0 Å². The third-order valence-electron chi connectivity index (χ3n) is 3.57. The molecule has 140 valence electrons. The molecule has 0 aliphatic rings. The fraction of sp³-hybridized carbons (Fsp3) is 0.0952. The highest BCUT2D eigenvalue weighted by Crippen LogP contribution is 2.20. The van der Waals surface area contributed by atoms with Crippen LogP contribution in [-0.2, 0) is 0 Å². The Hall–Kier alpha value is -2.69. The van der Waals surface area contributed by atoms with Crippen LogP contribution in [0.25, 0.3) is 0 Å². The minimum absolute atomic E-state index is 0.494. The molecule has 0 aromatic heterocycles. The first kappa shape index (κ1) is 20.6. The van der Waals surface area contributed by atoms with Crippen molar-refractivity contribution in [3.8, 4) is 5.75 Å². The van der Waals surface area contributed by atoms with E-state index in [0.29, 0.717) is 22.1 Å². The first-order valence-electron chi connectivity index (χ1n) is 8.17. The Kier molecular flexibility index (Phi) is 7.53. The Balaban J connectivity index is 0.000000244. The van der Waals surface area contributed by atoms with Gasteiger partial charge in [-0.15, -0.1) is 0 Å². The van der Waals surface area contributed by atoms with E-state index in [0.717, 1.165) is 16.1 Å². The second-order valence-electron chi connectivity index (χ2n) is 5.80. The van der Waals surface area contributed by atoms with E-state index in [1.807, 2.05) is 38.1 Å². The van der Waals surface area contributed by atoms with Crippen molar-refractivity contribution in [3.63, 3.8) is 0 Å². The predicted octanol–water partition coefficient (Wildman–Crippen LogP) is 6.49. The highest BCUT2D eigenvalue weighted by Gasteiger charge is 2.05. The van der Waals surface area contributed by atoms with Gasteiger partial charge in [0.1, 0.15) is 5.75 Å². The van der Waals surface area contributed by atoms with E-state index in [9.17, 15) is 4.79 Å². The van der Waals surface area contributed by atoms with Crippen molar-refractivity contribution in [2.24, 2.45) is 0 Å². The SMILES string of the molecule is Cc1ccc(N)cc1Cl.Cc1ccc(NC(=O)Oc2ccccc2)cc1Cl. The van der Waals surface area contributed by atoms with Crippen LogP contribution in [0.5, 0.6) is 5.75 Å². The summed E-state index contributed by atoms with van der Waals surface area (Å²) < 4.78 is 5.10. The molecule has 27 heavy (non-hydrogen) atoms. The molecule has 3 N–H and O–H groups in total. The molecule has 3 aromatic rings. The monoisotopic (exact) mass is 402 g/mol. The summed E-state index contributed by atoms with van der Waals surface area (Å²) in [6.07, 6.45) is -0.541. The molecule has 3 rings (SSSR count). The zero-order valence-corrected chi connectivity index (χ0v) is 16.5. The van der Waals surface area contributed by atoms with Gasteiger partial charge in [-0.3, -0.25) is 5.32 Å². The summed E-state index contributed by atoms with van der Waals surface area (Å²) >= 11 is 11.7. The highest BCUT2D eigenvalue weighted by molar-refractivity contribution is 6.32. The molecular weight excluding hydrogens is 383 g/mol. The first-order valence-corrected chi connectivity index (χ1v) is 8.92. The Morgan fingerprint density at radius 2 is 1.48 bits per heavy atom. The quantitative estimate of drug-likeness (QED) is 0.481. The largest absolute Gasteiger partial charge is 0.417 e. The second kappa shape index (κ2) is 9.86. The molecule has 0 radical (unpaired) electrons. The van der Waals surface area contributed by atoms with Crippen molar-refractivity contribution < 1.29 is 9.53 Å². The number of hydrogen-bond donors (Lipinski definition) is 2. The van der Waals surface area contributed by atoms with E-state index in [2.05, 4.69) is 5.32 Å². The molecule has 0 aliphatic heterocycles. The molecule has 0 saturated carbocycles. The Morgan fingerprint density at radius 1 is 0.889 bits per heavy atom. The molecule has 0 spiro atoms. The van der Waals surface area contributed by atoms with Crippen LogP contribution in [0.4, 0.5) is 16.2 Å². The molecule has 1 amide bonds. The minimum atomic E-state index is -0.541. The van der Waals surface area contributed by atoms with Crippen LogP contribution >= 0.6 is 23.2 Å². The van der Waals surface area contributed by atoms with Crippen LogP contribution in [0.2, 0.25) is 10.0 Å². The number of carbonyl (C=O) groups is 1. The van der Waals surface area contributed by atoms with Gasteiger partial charge in [-0.05, 0) is 61.4 Å². The molecule has 0 saturated heterocycles. The van der Waals surface area contributed by atoms with Crippen LogP contribution in [0.3, 0.4) is 0 Å². The van der Waals surface area contributed by atoms with Crippen molar-refractivity contribution in [1.82, 2.24) is 0 Å². The maximum atomic E-state index is 11.6. The highest BCUT2D eigenvalue weighted by atomic mass is 35.5. The van der Waals surface area contributed by atoms with Gasteiger partial charge in [0.2, 0.25) is 0 Å². The van der Waals surface area contributed by atoms with Gasteiger partial charge in [0.25, 0.3) is 0 Å². The number of halogens is 2. The third kappa shape index (κ3) is 6.85. The number of amides is 1. The molecule has 0 bridgehead atoms. The summed E-state index contributed by atoms with van der Waals surface area (Å²) in [6.45, 7) is 3.84. The number of para-hydroxylation sites is 1. The Bertz CT molecular complexity index is 915. The lowest BCUT2D eigenvalue weighted by Crippen LogP contribution is -2.16. The molecule has 0 fully saturated rings. The number of rotatable bonds is 2. The maximum Gasteiger partial charge on any atom is 0.417 e. The van der Waals surface area contributed by atoms with Gasteiger partial charge in [-0.25, -0.2) is 4.79 Å². The standard InChI is InChI=1S/C14H12ClNO2.C7H8ClN/c1-10-7-8-11(9-13(10)15)16-14(17)18-12-5-3-2-4-6-12;1-5-2-3-6(9)4-7(5)8/h2-9H,1H3,(H,16,17);2-4H,9H2,1H3. The van der Waals surface area contributed by atoms with Crippen LogP contribution in [0.1, 0.15) is 11.1 Å². The zero-order chi connectivity index (χ0) is 19.8. The van der Waals surface area contributed by atoms with Crippen molar-refractivity contribution in [3.05, 3.63) is 87.9 Å². The van der Waals surface area contributed by atoms with E-state index in [1.165, 1.54) is 0 Å². The average Bonchev–Trinajstić information content (AvgIpc) is 2.63. The number of carbonyl (C=O) groups excluding carboxylic acids is 1. The van der Waals surface area contributed by atoms with Gasteiger partial charge in [-0.2, -0.15) is 0 Å². The van der Waals surface area contributed by atoms with Gasteiger partial charge < -0.3 is 10.5 Å². The van der Waals surface area contributed by atoms with Crippen LogP contribution in [0, 0.1) is 13.8 Å². The third-order valence-corrected chi connectivity index (χ3v) is 4.38. The second-order valence-corrected chi connectivity index (χ2v) is 6.61. The van der Waals surface area contributed by atoms with Gasteiger partial charge in [-0.1, -0.05) is 53.5 Å². The van der Waals surface area contributed by atoms with Crippen LogP contribution in [-0.4, -0.2) is 6.09 Å². The van der Waals surface area contributed by atoms with Crippen LogP contribution < -0.4 is 15.8 Å². The molecule has 0 aliphatic carbocycles. The summed E-state index contributed by atoms with van der Waals surface area (Å²) in [5.74, 6) is 0.494. The summed E-state index contributed by atoms with van der Waals surface area (Å²) in [5.41, 5.74) is 8.78. The lowest BCUT2D eigenvalue weighted by Gasteiger charge is -2.07. The Labute approximate surface area is 168 Å². The average molecular weight is 403 g/mol. The van der Waals surface area contributed by atoms with Gasteiger partial charge in [0, 0.05) is 21.4 Å². The van der Waals surface area contributed by atoms with E-state index >= 15 is 0 Å². The molecule has 0 heterocycles. The maximum absolute atomic E-state index is 11.6. The summed E-state index contributed by atoms with van der Waals surface area (Å²) in [5, 5.41) is 3.95. The van der Waals surface area contributed by atoms with Gasteiger partial charge in [0.15, 0.2) is 0 Å². The normalized spacial score (nSPS) is 9.78. The lowest BCUT2D eigenvalue weighted by molar-refractivity contribution is 0.215. The van der Waals surface area contributed by atoms with Crippen molar-refractivity contribution in [2.45, 2.75) is 13.8 Å². The predicted molar refractivity (Wildman–Crippen MR) is 113 cm³/mol. The van der Waals surface area contributed by atoms with E-state index in [4.69, 9.17) is 33.7 Å². The Morgan fingerprint density at radius 3 is 2.04 bits per heavy atom. The van der Waals surface area contributed by atoms with Gasteiger partial charge >= 0.3 is 6.09 Å². The molecule has 3 aromatic carbocycles. The topological polar surface area (TPSA) is 64.3 Å². The number of aryl methyl sites for hydroxylation is 2. The molecule has 4 nitrogen and oxygen atoms in total. The molecule has 6 heteroatoms. The number of ether oxygens (including phenoxy) is 1. The number of nitrogen functional groups attached to an aromatic ring is 1. The van der Waals surface area contributed by atoms with E-state index < -0.39 is 6.09 Å². The van der Waals surface area contributed by atoms with Gasteiger partial charge in [0.05, 0.1) is 0 Å². The number of hydrogen-bond acceptors (Lipinski definition) is 3. The smallest absolute Gasteiger partial charge is 0.410 e. The van der Waals surface area contributed by atoms with Crippen molar-refractivity contribution in [1.29, 1.82) is 0 Å². The summed E-state index contributed by atoms with van der Waals surface area (Å²) in [7, 11) is 0. The fourth-order valence-corrected chi connectivity index (χ4v) is 2.39. The zero-order valence-electron chi connectivity index (χ0n) is 15.0. The first-order chi connectivity index (χ1) is 12.8. The lowest BCUT2D eigenvalue weighted by atomic mass is 10.2. The molecular formula is C21H20Cl2N2O2. The number of nitrogens with two attached hydrogens (primary N) is 1. The molecule has 0 unspecified atom stereocenters. The minimum Gasteiger partial charge on any atom is -0.410 e. The number of nitrogens with one attached hydrogen (secondary N) is 1. The van der Waals surface area contributed by atoms with E-state index in [1.54, 1.807) is 42.5 Å². The summed E-state index contributed by atoms with van der Waals surface area (Å²) in [6, 6.07) is 19.6. The van der Waals surface area contributed by atoms with Crippen LogP contribution in [0.15, 0.2) is 66.7 Å². The van der Waals surface area contributed by atoms with Crippen molar-refractivity contribution in [2.75, 3.05) is 11.1 Å². The summed E-state index contributed by atoms with van der Waals surface area (Å²) in [4.78, 5) is 11.6. The fourth-order valence-electron chi connectivity index (χ4n) is 2.02.